The van der Waals surface area contributed by atoms with Crippen LogP contribution in [0.2, 0.25) is 0 Å². The zero-order valence-electron chi connectivity index (χ0n) is 14.6. The van der Waals surface area contributed by atoms with E-state index in [9.17, 15) is 5.11 Å². The maximum absolute atomic E-state index is 10.6. The Balaban J connectivity index is 2.08. The van der Waals surface area contributed by atoms with Crippen LogP contribution in [0.1, 0.15) is 33.5 Å². The lowest BCUT2D eigenvalue weighted by atomic mass is 10.0. The molecular formula is C17H29N3O2S. The minimum absolute atomic E-state index is 0.277. The van der Waals surface area contributed by atoms with Crippen LogP contribution in [-0.4, -0.2) is 53.1 Å². The number of furan rings is 1. The molecule has 2 atom stereocenters. The number of nitrogens with zero attached hydrogens (tertiary/aromatic N) is 2. The quantitative estimate of drug-likeness (QED) is 0.638. The van der Waals surface area contributed by atoms with Gasteiger partial charge in [-0.2, -0.15) is 11.8 Å². The molecule has 1 fully saturated rings. The van der Waals surface area contributed by atoms with Gasteiger partial charge in [0.25, 0.3) is 0 Å². The van der Waals surface area contributed by atoms with E-state index in [-0.39, 0.29) is 6.54 Å². The lowest BCUT2D eigenvalue weighted by Gasteiger charge is -2.36. The summed E-state index contributed by atoms with van der Waals surface area (Å²) in [4.78, 5) is 6.98. The van der Waals surface area contributed by atoms with E-state index in [1.807, 2.05) is 11.8 Å². The van der Waals surface area contributed by atoms with Crippen LogP contribution in [0.3, 0.4) is 0 Å². The normalized spacial score (nSPS) is 22.3. The van der Waals surface area contributed by atoms with Gasteiger partial charge in [-0.15, -0.1) is 0 Å². The molecule has 130 valence electrons. The Hall–Kier alpha value is -1.14. The molecule has 0 aliphatic carbocycles. The first-order valence-electron chi connectivity index (χ1n) is 8.35. The fourth-order valence-corrected chi connectivity index (χ4v) is 3.89. The van der Waals surface area contributed by atoms with Crippen molar-refractivity contribution in [2.24, 2.45) is 10.9 Å². The minimum atomic E-state index is -1.09. The van der Waals surface area contributed by atoms with E-state index < -0.39 is 5.60 Å². The van der Waals surface area contributed by atoms with E-state index in [0.717, 1.165) is 31.3 Å². The van der Waals surface area contributed by atoms with Crippen LogP contribution in [0.25, 0.3) is 0 Å². The number of guanidine groups is 1. The topological polar surface area (TPSA) is 61.0 Å². The van der Waals surface area contributed by atoms with Gasteiger partial charge in [0.15, 0.2) is 5.96 Å². The molecule has 1 aliphatic heterocycles. The number of nitrogens with one attached hydrogen (secondary N) is 1. The van der Waals surface area contributed by atoms with Crippen LogP contribution < -0.4 is 5.32 Å². The molecule has 2 unspecified atom stereocenters. The molecule has 0 radical (unpaired) electrons. The Labute approximate surface area is 143 Å². The first kappa shape index (κ1) is 18.2. The highest BCUT2D eigenvalue weighted by molar-refractivity contribution is 8.00. The van der Waals surface area contributed by atoms with Gasteiger partial charge in [-0.25, -0.2) is 4.99 Å². The molecule has 1 aliphatic rings. The van der Waals surface area contributed by atoms with Gasteiger partial charge >= 0.3 is 0 Å². The van der Waals surface area contributed by atoms with Gasteiger partial charge in [0.05, 0.1) is 12.8 Å². The van der Waals surface area contributed by atoms with Crippen LogP contribution in [0.5, 0.6) is 0 Å². The molecule has 0 amide bonds. The molecule has 1 saturated heterocycles. The van der Waals surface area contributed by atoms with E-state index in [1.54, 1.807) is 25.3 Å². The molecule has 6 heteroatoms. The highest BCUT2D eigenvalue weighted by Crippen LogP contribution is 2.25. The number of hydrogen-bond acceptors (Lipinski definition) is 4. The number of aliphatic hydroxyl groups is 1. The summed E-state index contributed by atoms with van der Waals surface area (Å²) in [6.45, 7) is 11.4. The summed E-state index contributed by atoms with van der Waals surface area (Å²) in [6.07, 6.45) is 1.58. The highest BCUT2D eigenvalue weighted by Gasteiger charge is 2.28. The third kappa shape index (κ3) is 4.91. The third-order valence-electron chi connectivity index (χ3n) is 4.06. The Kier molecular flexibility index (Phi) is 6.41. The minimum Gasteiger partial charge on any atom is -0.466 e. The largest absolute Gasteiger partial charge is 0.466 e. The standard InChI is InChI=1S/C17H29N3O2S/c1-5-18-16(20-8-10-23-14(11-20)13(2)3)19-12-17(4,21)15-7-6-9-22-15/h6-7,9,13-14,21H,5,8,10-12H2,1-4H3,(H,18,19). The average Bonchev–Trinajstić information content (AvgIpc) is 3.07. The summed E-state index contributed by atoms with van der Waals surface area (Å²) in [5.74, 6) is 3.19. The van der Waals surface area contributed by atoms with E-state index >= 15 is 0 Å². The Morgan fingerprint density at radius 1 is 1.61 bits per heavy atom. The number of rotatable bonds is 5. The molecule has 2 heterocycles. The molecule has 1 aromatic rings. The highest BCUT2D eigenvalue weighted by atomic mass is 32.2. The molecule has 2 N–H and O–H groups in total. The van der Waals surface area contributed by atoms with Gasteiger partial charge in [-0.3, -0.25) is 0 Å². The third-order valence-corrected chi connectivity index (χ3v) is 5.60. The van der Waals surface area contributed by atoms with Gasteiger partial charge in [0.1, 0.15) is 11.4 Å². The van der Waals surface area contributed by atoms with Gasteiger partial charge in [-0.1, -0.05) is 13.8 Å². The Morgan fingerprint density at radius 3 is 3.00 bits per heavy atom. The summed E-state index contributed by atoms with van der Waals surface area (Å²) in [7, 11) is 0. The monoisotopic (exact) mass is 339 g/mol. The first-order valence-corrected chi connectivity index (χ1v) is 9.40. The predicted octanol–water partition coefficient (Wildman–Crippen LogP) is 2.53. The second kappa shape index (κ2) is 8.11. The molecule has 0 bridgehead atoms. The van der Waals surface area contributed by atoms with E-state index in [4.69, 9.17) is 4.42 Å². The molecule has 0 spiro atoms. The maximum Gasteiger partial charge on any atom is 0.194 e. The molecule has 0 saturated carbocycles. The fourth-order valence-electron chi connectivity index (χ4n) is 2.59. The summed E-state index contributed by atoms with van der Waals surface area (Å²) >= 11 is 2.04. The predicted molar refractivity (Wildman–Crippen MR) is 96.9 cm³/mol. The Bertz CT molecular complexity index is 500. The van der Waals surface area contributed by atoms with E-state index in [0.29, 0.717) is 16.9 Å². The molecule has 1 aromatic heterocycles. The van der Waals surface area contributed by atoms with Crippen molar-refractivity contribution in [2.45, 2.75) is 38.5 Å². The van der Waals surface area contributed by atoms with Crippen molar-refractivity contribution in [1.29, 1.82) is 0 Å². The number of hydrogen-bond donors (Lipinski definition) is 2. The summed E-state index contributed by atoms with van der Waals surface area (Å²) in [5.41, 5.74) is -1.09. The molecule has 23 heavy (non-hydrogen) atoms. The lowest BCUT2D eigenvalue weighted by molar-refractivity contribution is 0.0434. The molecule has 5 nitrogen and oxygen atoms in total. The van der Waals surface area contributed by atoms with Crippen LogP contribution >= 0.6 is 11.8 Å². The van der Waals surface area contributed by atoms with Crippen LogP contribution in [0.15, 0.2) is 27.8 Å². The molecule has 0 aromatic carbocycles. The average molecular weight is 340 g/mol. The van der Waals surface area contributed by atoms with Crippen molar-refractivity contribution in [3.8, 4) is 0 Å². The van der Waals surface area contributed by atoms with Crippen molar-refractivity contribution in [3.63, 3.8) is 0 Å². The zero-order chi connectivity index (χ0) is 16.9. The SMILES string of the molecule is CCNC(=NCC(C)(O)c1ccco1)N1CCSC(C(C)C)C1. The fraction of sp³-hybridized carbons (Fsp3) is 0.706. The van der Waals surface area contributed by atoms with Crippen molar-refractivity contribution >= 4 is 17.7 Å². The van der Waals surface area contributed by atoms with Gasteiger partial charge < -0.3 is 19.7 Å². The van der Waals surface area contributed by atoms with Crippen molar-refractivity contribution in [1.82, 2.24) is 10.2 Å². The van der Waals surface area contributed by atoms with Crippen molar-refractivity contribution in [2.75, 3.05) is 31.9 Å². The maximum atomic E-state index is 10.6. The van der Waals surface area contributed by atoms with E-state index in [1.165, 1.54) is 0 Å². The van der Waals surface area contributed by atoms with Crippen LogP contribution in [0.4, 0.5) is 0 Å². The van der Waals surface area contributed by atoms with Crippen LogP contribution in [0, 0.1) is 5.92 Å². The molecule has 2 rings (SSSR count). The zero-order valence-corrected chi connectivity index (χ0v) is 15.4. The second-order valence-corrected chi connectivity index (χ2v) is 7.87. The van der Waals surface area contributed by atoms with Crippen molar-refractivity contribution < 1.29 is 9.52 Å². The van der Waals surface area contributed by atoms with Crippen LogP contribution in [-0.2, 0) is 5.60 Å². The van der Waals surface area contributed by atoms with Gasteiger partial charge in [0.2, 0.25) is 0 Å². The van der Waals surface area contributed by atoms with E-state index in [2.05, 4.69) is 36.0 Å². The summed E-state index contributed by atoms with van der Waals surface area (Å²) in [5, 5.41) is 14.6. The first-order chi connectivity index (χ1) is 10.9. The molecular weight excluding hydrogens is 310 g/mol. The lowest BCUT2D eigenvalue weighted by Crippen LogP contribution is -2.49. The smallest absolute Gasteiger partial charge is 0.194 e. The number of aliphatic imine (C=N–C) groups is 1. The Morgan fingerprint density at radius 2 is 2.39 bits per heavy atom. The number of thioether (sulfide) groups is 1. The van der Waals surface area contributed by atoms with Crippen molar-refractivity contribution in [3.05, 3.63) is 24.2 Å². The van der Waals surface area contributed by atoms with Gasteiger partial charge in [0, 0.05) is 30.6 Å². The summed E-state index contributed by atoms with van der Waals surface area (Å²) < 4.78 is 5.33. The van der Waals surface area contributed by atoms with Gasteiger partial charge in [-0.05, 0) is 31.9 Å². The summed E-state index contributed by atoms with van der Waals surface area (Å²) in [6, 6.07) is 3.57. The second-order valence-electron chi connectivity index (χ2n) is 6.52.